The van der Waals surface area contributed by atoms with Crippen LogP contribution in [-0.4, -0.2) is 43.4 Å². The Hall–Kier alpha value is -1.36. The highest BCUT2D eigenvalue weighted by molar-refractivity contribution is 5.39. The van der Waals surface area contributed by atoms with Gasteiger partial charge in [0, 0.05) is 26.3 Å². The van der Waals surface area contributed by atoms with Crippen LogP contribution in [0.2, 0.25) is 0 Å². The van der Waals surface area contributed by atoms with Gasteiger partial charge < -0.3 is 14.4 Å². The summed E-state index contributed by atoms with van der Waals surface area (Å²) < 4.78 is 10.7. The lowest BCUT2D eigenvalue weighted by molar-refractivity contribution is 0.103. The second-order valence-electron chi connectivity index (χ2n) is 4.62. The van der Waals surface area contributed by atoms with Crippen molar-refractivity contribution >= 4 is 5.82 Å². The number of hydrogen-bond acceptors (Lipinski definition) is 5. The molecule has 0 spiro atoms. The first-order valence-electron chi connectivity index (χ1n) is 6.48. The minimum absolute atomic E-state index is 0.471. The Morgan fingerprint density at radius 1 is 1.50 bits per heavy atom. The average molecular weight is 251 g/mol. The van der Waals surface area contributed by atoms with E-state index in [1.165, 1.54) is 19.2 Å². The molecule has 1 atom stereocenters. The van der Waals surface area contributed by atoms with Gasteiger partial charge >= 0.3 is 0 Å². The molecule has 1 aliphatic rings. The third kappa shape index (κ3) is 3.57. The Labute approximate surface area is 108 Å². The van der Waals surface area contributed by atoms with Crippen LogP contribution in [0.15, 0.2) is 12.4 Å². The molecule has 1 aromatic heterocycles. The van der Waals surface area contributed by atoms with Crippen LogP contribution < -0.4 is 9.64 Å². The van der Waals surface area contributed by atoms with Crippen molar-refractivity contribution in [3.05, 3.63) is 12.4 Å². The largest absolute Gasteiger partial charge is 0.481 e. The van der Waals surface area contributed by atoms with Crippen LogP contribution in [0, 0.1) is 0 Å². The Morgan fingerprint density at radius 3 is 3.11 bits per heavy atom. The summed E-state index contributed by atoms with van der Waals surface area (Å²) in [4.78, 5) is 10.4. The maximum absolute atomic E-state index is 5.61. The van der Waals surface area contributed by atoms with Gasteiger partial charge in [-0.2, -0.15) is 0 Å². The highest BCUT2D eigenvalue weighted by Crippen LogP contribution is 2.18. The third-order valence-electron chi connectivity index (χ3n) is 3.27. The minimum Gasteiger partial charge on any atom is -0.481 e. The molecular formula is C13H21N3O2. The zero-order valence-electron chi connectivity index (χ0n) is 11.1. The Morgan fingerprint density at radius 2 is 2.39 bits per heavy atom. The monoisotopic (exact) mass is 251 g/mol. The maximum Gasteiger partial charge on any atom is 0.218 e. The van der Waals surface area contributed by atoms with Crippen molar-refractivity contribution in [2.24, 2.45) is 0 Å². The summed E-state index contributed by atoms with van der Waals surface area (Å²) in [6, 6.07) is 1.85. The Balaban J connectivity index is 1.77. The van der Waals surface area contributed by atoms with Gasteiger partial charge in [0.1, 0.15) is 12.1 Å². The molecule has 0 aromatic carbocycles. The Bertz CT molecular complexity index is 367. The van der Waals surface area contributed by atoms with Crippen molar-refractivity contribution in [1.82, 2.24) is 9.97 Å². The fourth-order valence-electron chi connectivity index (χ4n) is 2.19. The van der Waals surface area contributed by atoms with Gasteiger partial charge in [0.25, 0.3) is 0 Å². The van der Waals surface area contributed by atoms with Crippen LogP contribution in [0.1, 0.15) is 25.7 Å². The number of methoxy groups -OCH3 is 1. The minimum atomic E-state index is 0.471. The first-order chi connectivity index (χ1) is 8.79. The molecule has 1 aromatic rings. The molecule has 100 valence electrons. The number of rotatable bonds is 6. The topological polar surface area (TPSA) is 47.5 Å². The van der Waals surface area contributed by atoms with Gasteiger partial charge in [-0.25, -0.2) is 9.97 Å². The van der Waals surface area contributed by atoms with Crippen molar-refractivity contribution < 1.29 is 9.47 Å². The maximum atomic E-state index is 5.61. The molecule has 2 rings (SSSR count). The first-order valence-corrected chi connectivity index (χ1v) is 6.48. The van der Waals surface area contributed by atoms with Crippen molar-refractivity contribution in [3.8, 4) is 5.88 Å². The van der Waals surface area contributed by atoms with Crippen molar-refractivity contribution in [1.29, 1.82) is 0 Å². The lowest BCUT2D eigenvalue weighted by Crippen LogP contribution is -2.21. The molecule has 0 bridgehead atoms. The van der Waals surface area contributed by atoms with Gasteiger partial charge in [-0.05, 0) is 25.7 Å². The second kappa shape index (κ2) is 6.54. The summed E-state index contributed by atoms with van der Waals surface area (Å²) in [6.07, 6.45) is 6.68. The molecule has 5 heteroatoms. The van der Waals surface area contributed by atoms with E-state index < -0.39 is 0 Å². The van der Waals surface area contributed by atoms with E-state index in [1.54, 1.807) is 7.11 Å². The molecule has 1 aliphatic heterocycles. The van der Waals surface area contributed by atoms with Crippen LogP contribution in [-0.2, 0) is 4.74 Å². The molecule has 0 aliphatic carbocycles. The Kier molecular flexibility index (Phi) is 4.75. The van der Waals surface area contributed by atoms with Gasteiger partial charge in [0.15, 0.2) is 0 Å². The van der Waals surface area contributed by atoms with Gasteiger partial charge in [0.05, 0.1) is 13.2 Å². The highest BCUT2D eigenvalue weighted by atomic mass is 16.5. The number of nitrogens with zero attached hydrogens (tertiary/aromatic N) is 3. The average Bonchev–Trinajstić information content (AvgIpc) is 2.92. The number of aromatic nitrogens is 2. The number of ether oxygens (including phenoxy) is 2. The van der Waals surface area contributed by atoms with Gasteiger partial charge in [-0.1, -0.05) is 0 Å². The summed E-state index contributed by atoms with van der Waals surface area (Å²) in [6.45, 7) is 1.91. The van der Waals surface area contributed by atoms with E-state index in [0.717, 1.165) is 31.8 Å². The highest BCUT2D eigenvalue weighted by Gasteiger charge is 2.15. The molecule has 1 fully saturated rings. The predicted octanol–water partition coefficient (Wildman–Crippen LogP) is 1.88. The molecule has 0 radical (unpaired) electrons. The van der Waals surface area contributed by atoms with E-state index in [0.29, 0.717) is 12.0 Å². The lowest BCUT2D eigenvalue weighted by atomic mass is 10.1. The van der Waals surface area contributed by atoms with E-state index in [2.05, 4.69) is 14.9 Å². The normalized spacial score (nSPS) is 18.9. The first kappa shape index (κ1) is 13.1. The molecule has 5 nitrogen and oxygen atoms in total. The summed E-state index contributed by atoms with van der Waals surface area (Å²) in [5.41, 5.74) is 0. The zero-order chi connectivity index (χ0) is 12.8. The van der Waals surface area contributed by atoms with E-state index in [-0.39, 0.29) is 0 Å². The fourth-order valence-corrected chi connectivity index (χ4v) is 2.19. The quantitative estimate of drug-likeness (QED) is 0.772. The predicted molar refractivity (Wildman–Crippen MR) is 70.1 cm³/mol. The summed E-state index contributed by atoms with van der Waals surface area (Å²) in [5.74, 6) is 1.50. The van der Waals surface area contributed by atoms with Gasteiger partial charge in [-0.3, -0.25) is 0 Å². The van der Waals surface area contributed by atoms with Crippen LogP contribution in [0.3, 0.4) is 0 Å². The number of hydrogen-bond donors (Lipinski definition) is 0. The van der Waals surface area contributed by atoms with E-state index in [4.69, 9.17) is 9.47 Å². The fraction of sp³-hybridized carbons (Fsp3) is 0.692. The summed E-state index contributed by atoms with van der Waals surface area (Å²) in [7, 11) is 3.65. The van der Waals surface area contributed by atoms with E-state index in [9.17, 15) is 0 Å². The van der Waals surface area contributed by atoms with Crippen molar-refractivity contribution in [2.75, 3.05) is 32.2 Å². The summed E-state index contributed by atoms with van der Waals surface area (Å²) >= 11 is 0. The SMILES string of the molecule is COc1cc(N(C)CCC[C@@H]2CCCO2)ncn1. The molecule has 18 heavy (non-hydrogen) atoms. The van der Waals surface area contributed by atoms with E-state index in [1.807, 2.05) is 13.1 Å². The molecule has 1 saturated heterocycles. The van der Waals surface area contributed by atoms with Crippen LogP contribution >= 0.6 is 0 Å². The van der Waals surface area contributed by atoms with Crippen LogP contribution in [0.5, 0.6) is 5.88 Å². The lowest BCUT2D eigenvalue weighted by Gasteiger charge is -2.19. The molecule has 2 heterocycles. The zero-order valence-corrected chi connectivity index (χ0v) is 11.1. The third-order valence-corrected chi connectivity index (χ3v) is 3.27. The van der Waals surface area contributed by atoms with Gasteiger partial charge in [0.2, 0.25) is 5.88 Å². The summed E-state index contributed by atoms with van der Waals surface area (Å²) in [5, 5.41) is 0. The molecule has 0 N–H and O–H groups in total. The van der Waals surface area contributed by atoms with Crippen molar-refractivity contribution in [2.45, 2.75) is 31.8 Å². The van der Waals surface area contributed by atoms with Crippen LogP contribution in [0.4, 0.5) is 5.82 Å². The second-order valence-corrected chi connectivity index (χ2v) is 4.62. The standard InChI is InChI=1S/C13H21N3O2/c1-16(7-3-5-11-6-4-8-18-11)12-9-13(17-2)15-10-14-12/h9-11H,3-8H2,1-2H3/t11-/m1/s1. The molecule has 0 unspecified atom stereocenters. The molecule has 0 saturated carbocycles. The van der Waals surface area contributed by atoms with Gasteiger partial charge in [-0.15, -0.1) is 0 Å². The smallest absolute Gasteiger partial charge is 0.218 e. The van der Waals surface area contributed by atoms with Crippen LogP contribution in [0.25, 0.3) is 0 Å². The van der Waals surface area contributed by atoms with Crippen molar-refractivity contribution in [3.63, 3.8) is 0 Å². The van der Waals surface area contributed by atoms with E-state index >= 15 is 0 Å². The molecular weight excluding hydrogens is 230 g/mol. The number of anilines is 1. The molecule has 0 amide bonds.